The molecule has 4 nitrogen and oxygen atoms in total. The van der Waals surface area contributed by atoms with E-state index >= 15 is 0 Å². The Balaban J connectivity index is 1.86. The summed E-state index contributed by atoms with van der Waals surface area (Å²) in [5.41, 5.74) is 0.590. The van der Waals surface area contributed by atoms with Crippen LogP contribution < -0.4 is 4.90 Å². The van der Waals surface area contributed by atoms with E-state index in [0.717, 1.165) is 44.3 Å². The minimum Gasteiger partial charge on any atom is -0.389 e. The first-order valence-corrected chi connectivity index (χ1v) is 7.50. The van der Waals surface area contributed by atoms with Gasteiger partial charge in [-0.25, -0.2) is 4.98 Å². The van der Waals surface area contributed by atoms with E-state index in [1.54, 1.807) is 11.3 Å². The van der Waals surface area contributed by atoms with Crippen molar-refractivity contribution in [2.45, 2.75) is 32.8 Å². The molecule has 2 heterocycles. The minimum atomic E-state index is -0.598. The molecule has 1 aromatic heterocycles. The highest BCUT2D eigenvalue weighted by Crippen LogP contribution is 2.22. The number of hydrogen-bond acceptors (Lipinski definition) is 5. The number of anilines is 1. The molecule has 1 saturated heterocycles. The lowest BCUT2D eigenvalue weighted by Crippen LogP contribution is -2.50. The number of hydrogen-bond donors (Lipinski definition) is 1. The van der Waals surface area contributed by atoms with Gasteiger partial charge in [0.2, 0.25) is 0 Å². The molecular weight excluding hydrogens is 246 g/mol. The fourth-order valence-electron chi connectivity index (χ4n) is 2.25. The molecule has 1 N–H and O–H groups in total. The van der Waals surface area contributed by atoms with E-state index in [1.165, 1.54) is 5.69 Å². The Labute approximate surface area is 113 Å². The molecule has 0 unspecified atom stereocenters. The molecule has 0 aromatic carbocycles. The van der Waals surface area contributed by atoms with Crippen molar-refractivity contribution in [3.8, 4) is 0 Å². The first-order valence-electron chi connectivity index (χ1n) is 6.62. The maximum absolute atomic E-state index is 9.82. The molecule has 0 radical (unpaired) electrons. The third kappa shape index (κ3) is 3.67. The van der Waals surface area contributed by atoms with Crippen LogP contribution in [0.5, 0.6) is 0 Å². The third-order valence-corrected chi connectivity index (χ3v) is 4.11. The highest BCUT2D eigenvalue weighted by Gasteiger charge is 2.23. The van der Waals surface area contributed by atoms with Crippen molar-refractivity contribution < 1.29 is 5.11 Å². The Hall–Kier alpha value is -0.650. The van der Waals surface area contributed by atoms with Gasteiger partial charge in [-0.1, -0.05) is 6.92 Å². The van der Waals surface area contributed by atoms with Gasteiger partial charge in [0.25, 0.3) is 0 Å². The molecule has 1 fully saturated rings. The van der Waals surface area contributed by atoms with Gasteiger partial charge in [0.1, 0.15) is 0 Å². The molecule has 0 amide bonds. The summed E-state index contributed by atoms with van der Waals surface area (Å²) in [4.78, 5) is 9.30. The van der Waals surface area contributed by atoms with E-state index in [1.807, 2.05) is 13.8 Å². The van der Waals surface area contributed by atoms with Crippen molar-refractivity contribution in [2.24, 2.45) is 0 Å². The summed E-state index contributed by atoms with van der Waals surface area (Å²) < 4.78 is 0. The highest BCUT2D eigenvalue weighted by molar-refractivity contribution is 7.13. The zero-order valence-corrected chi connectivity index (χ0v) is 12.3. The van der Waals surface area contributed by atoms with Crippen molar-refractivity contribution in [1.82, 2.24) is 9.88 Å². The van der Waals surface area contributed by atoms with Gasteiger partial charge in [0.05, 0.1) is 11.3 Å². The molecule has 0 atom stereocenters. The van der Waals surface area contributed by atoms with Crippen molar-refractivity contribution >= 4 is 16.5 Å². The number of nitrogens with zero attached hydrogens (tertiary/aromatic N) is 3. The van der Waals surface area contributed by atoms with Gasteiger partial charge in [-0.05, 0) is 20.3 Å². The SMILES string of the molecule is CCc1csc(N2CCN(CC(C)(C)O)CC2)n1. The number of aryl methyl sites for hydroxylation is 1. The van der Waals surface area contributed by atoms with Gasteiger partial charge in [-0.3, -0.25) is 4.90 Å². The lowest BCUT2D eigenvalue weighted by atomic mass is 10.1. The maximum Gasteiger partial charge on any atom is 0.185 e. The number of aromatic nitrogens is 1. The van der Waals surface area contributed by atoms with Gasteiger partial charge >= 0.3 is 0 Å². The van der Waals surface area contributed by atoms with E-state index in [9.17, 15) is 5.11 Å². The summed E-state index contributed by atoms with van der Waals surface area (Å²) in [7, 11) is 0. The Kier molecular flexibility index (Phi) is 4.25. The van der Waals surface area contributed by atoms with Gasteiger partial charge < -0.3 is 10.0 Å². The molecular formula is C13H23N3OS. The van der Waals surface area contributed by atoms with Crippen molar-refractivity contribution in [3.63, 3.8) is 0 Å². The smallest absolute Gasteiger partial charge is 0.185 e. The molecule has 1 aromatic rings. The third-order valence-electron chi connectivity index (χ3n) is 3.16. The molecule has 2 rings (SSSR count). The first kappa shape index (κ1) is 13.8. The zero-order valence-electron chi connectivity index (χ0n) is 11.5. The fraction of sp³-hybridized carbons (Fsp3) is 0.769. The molecule has 5 heteroatoms. The van der Waals surface area contributed by atoms with Crippen LogP contribution in [-0.4, -0.2) is 53.3 Å². The van der Waals surface area contributed by atoms with Crippen LogP contribution in [0, 0.1) is 0 Å². The average molecular weight is 269 g/mol. The van der Waals surface area contributed by atoms with Crippen molar-refractivity contribution in [3.05, 3.63) is 11.1 Å². The number of aliphatic hydroxyl groups is 1. The minimum absolute atomic E-state index is 0.598. The van der Waals surface area contributed by atoms with Crippen LogP contribution in [0.4, 0.5) is 5.13 Å². The molecule has 1 aliphatic rings. The molecule has 0 aliphatic carbocycles. The van der Waals surface area contributed by atoms with Crippen LogP contribution in [0.25, 0.3) is 0 Å². The number of thiazole rings is 1. The Morgan fingerprint density at radius 1 is 1.33 bits per heavy atom. The summed E-state index contributed by atoms with van der Waals surface area (Å²) in [6, 6.07) is 0. The summed E-state index contributed by atoms with van der Waals surface area (Å²) in [5.74, 6) is 0. The maximum atomic E-state index is 9.82. The predicted octanol–water partition coefficient (Wildman–Crippen LogP) is 1.60. The van der Waals surface area contributed by atoms with Crippen LogP contribution in [-0.2, 0) is 6.42 Å². The topological polar surface area (TPSA) is 39.6 Å². The Morgan fingerprint density at radius 2 is 2.00 bits per heavy atom. The normalized spacial score (nSPS) is 18.3. The Bertz CT molecular complexity index is 378. The summed E-state index contributed by atoms with van der Waals surface area (Å²) in [5, 5.41) is 13.1. The number of rotatable bonds is 4. The van der Waals surface area contributed by atoms with Crippen LogP contribution in [0.1, 0.15) is 26.5 Å². The first-order chi connectivity index (χ1) is 8.48. The van der Waals surface area contributed by atoms with Gasteiger partial charge in [0, 0.05) is 38.1 Å². The second-order valence-electron chi connectivity index (χ2n) is 5.55. The van der Waals surface area contributed by atoms with E-state index < -0.39 is 5.60 Å². The van der Waals surface area contributed by atoms with Crippen molar-refractivity contribution in [2.75, 3.05) is 37.6 Å². The Morgan fingerprint density at radius 3 is 2.50 bits per heavy atom. The van der Waals surface area contributed by atoms with Crippen molar-refractivity contribution in [1.29, 1.82) is 0 Å². The molecule has 102 valence electrons. The standard InChI is InChI=1S/C13H23N3OS/c1-4-11-9-18-12(14-11)16-7-5-15(6-8-16)10-13(2,3)17/h9,17H,4-8,10H2,1-3H3. The molecule has 0 bridgehead atoms. The lowest BCUT2D eigenvalue weighted by Gasteiger charge is -2.37. The van der Waals surface area contributed by atoms with Crippen LogP contribution in [0.2, 0.25) is 0 Å². The number of piperazine rings is 1. The molecule has 18 heavy (non-hydrogen) atoms. The van der Waals surface area contributed by atoms with E-state index in [0.29, 0.717) is 0 Å². The van der Waals surface area contributed by atoms with E-state index in [4.69, 9.17) is 0 Å². The average Bonchev–Trinajstić information content (AvgIpc) is 2.76. The van der Waals surface area contributed by atoms with Crippen LogP contribution in [0.3, 0.4) is 0 Å². The summed E-state index contributed by atoms with van der Waals surface area (Å²) in [6.45, 7) is 10.6. The summed E-state index contributed by atoms with van der Waals surface area (Å²) >= 11 is 1.74. The number of β-amino-alcohol motifs (C(OH)–C–C–N with tert-alkyl or cyclic N) is 1. The lowest BCUT2D eigenvalue weighted by molar-refractivity contribution is 0.0345. The van der Waals surface area contributed by atoms with Gasteiger partial charge in [0.15, 0.2) is 5.13 Å². The highest BCUT2D eigenvalue weighted by atomic mass is 32.1. The van der Waals surface area contributed by atoms with Crippen LogP contribution >= 0.6 is 11.3 Å². The molecule has 0 spiro atoms. The molecule has 0 saturated carbocycles. The zero-order chi connectivity index (χ0) is 13.2. The van der Waals surface area contributed by atoms with E-state index in [-0.39, 0.29) is 0 Å². The quantitative estimate of drug-likeness (QED) is 0.901. The fourth-order valence-corrected chi connectivity index (χ4v) is 3.21. The molecule has 1 aliphatic heterocycles. The second-order valence-corrected chi connectivity index (χ2v) is 6.39. The second kappa shape index (κ2) is 5.55. The predicted molar refractivity (Wildman–Crippen MR) is 76.4 cm³/mol. The van der Waals surface area contributed by atoms with Gasteiger partial charge in [-0.15, -0.1) is 11.3 Å². The van der Waals surface area contributed by atoms with Gasteiger partial charge in [-0.2, -0.15) is 0 Å². The summed E-state index contributed by atoms with van der Waals surface area (Å²) in [6.07, 6.45) is 1.01. The largest absolute Gasteiger partial charge is 0.389 e. The van der Waals surface area contributed by atoms with E-state index in [2.05, 4.69) is 27.1 Å². The monoisotopic (exact) mass is 269 g/mol. The van der Waals surface area contributed by atoms with Crippen LogP contribution in [0.15, 0.2) is 5.38 Å².